The summed E-state index contributed by atoms with van der Waals surface area (Å²) in [6.45, 7) is 6.63. The number of nitrogens with one attached hydrogen (secondary N) is 1. The molecule has 0 spiro atoms. The van der Waals surface area contributed by atoms with Gasteiger partial charge >= 0.3 is 0 Å². The maximum Gasteiger partial charge on any atom is 0.264 e. The summed E-state index contributed by atoms with van der Waals surface area (Å²) < 4.78 is 25.1. The Morgan fingerprint density at radius 1 is 1.15 bits per heavy atom. The summed E-state index contributed by atoms with van der Waals surface area (Å²) in [6, 6.07) is 14.0. The summed E-state index contributed by atoms with van der Waals surface area (Å²) in [6.07, 6.45) is 0. The van der Waals surface area contributed by atoms with Gasteiger partial charge in [0.15, 0.2) is 0 Å². The van der Waals surface area contributed by atoms with Crippen molar-refractivity contribution in [3.05, 3.63) is 65.2 Å². The molecule has 0 fully saturated rings. The number of aryl methyl sites for hydroxylation is 1. The maximum atomic E-state index is 12.4. The number of carbonyl (C=O) groups excluding carboxylic acids is 1. The third kappa shape index (κ3) is 4.94. The van der Waals surface area contributed by atoms with Crippen LogP contribution in [0.15, 0.2) is 53.4 Å². The van der Waals surface area contributed by atoms with Gasteiger partial charge in [-0.25, -0.2) is 8.42 Å². The first-order valence-electron chi connectivity index (χ1n) is 8.56. The van der Waals surface area contributed by atoms with Gasteiger partial charge in [-0.15, -0.1) is 0 Å². The van der Waals surface area contributed by atoms with Crippen LogP contribution in [0.4, 0.5) is 0 Å². The van der Waals surface area contributed by atoms with Crippen molar-refractivity contribution in [3.63, 3.8) is 0 Å². The van der Waals surface area contributed by atoms with E-state index in [-0.39, 0.29) is 16.2 Å². The molecule has 27 heavy (non-hydrogen) atoms. The number of nitrogens with zero attached hydrogens (tertiary/aromatic N) is 1. The van der Waals surface area contributed by atoms with Crippen molar-refractivity contribution in [1.82, 2.24) is 9.79 Å². The number of hydrogen-bond donors (Lipinski definition) is 1. The van der Waals surface area contributed by atoms with E-state index in [1.54, 1.807) is 0 Å². The maximum absolute atomic E-state index is 12.4. The predicted molar refractivity (Wildman–Crippen MR) is 105 cm³/mol. The van der Waals surface area contributed by atoms with Crippen molar-refractivity contribution in [2.75, 3.05) is 20.7 Å². The van der Waals surface area contributed by atoms with Crippen molar-refractivity contribution in [2.45, 2.75) is 31.1 Å². The first kappa shape index (κ1) is 21.1. The van der Waals surface area contributed by atoms with Gasteiger partial charge in [0, 0.05) is 24.6 Å². The number of rotatable bonds is 7. The second kappa shape index (κ2) is 8.21. The van der Waals surface area contributed by atoms with Gasteiger partial charge in [0.05, 0.1) is 12.0 Å². The average Bonchev–Trinajstić information content (AvgIpc) is 2.65. The van der Waals surface area contributed by atoms with Crippen LogP contribution in [0.2, 0.25) is 0 Å². The molecule has 2 rings (SSSR count). The summed E-state index contributed by atoms with van der Waals surface area (Å²) in [4.78, 5) is 17.2. The highest BCUT2D eigenvalue weighted by atomic mass is 32.2. The smallest absolute Gasteiger partial charge is 0.264 e. The Labute approximate surface area is 161 Å². The van der Waals surface area contributed by atoms with E-state index >= 15 is 0 Å². The topological polar surface area (TPSA) is 75.7 Å². The largest absolute Gasteiger partial charge is 0.351 e. The Morgan fingerprint density at radius 2 is 1.78 bits per heavy atom. The minimum absolute atomic E-state index is 0.0588. The highest BCUT2D eigenvalue weighted by Crippen LogP contribution is 2.23. The fraction of sp³-hybridized carbons (Fsp3) is 0.350. The van der Waals surface area contributed by atoms with Gasteiger partial charge in [-0.1, -0.05) is 48.1 Å². The lowest BCUT2D eigenvalue weighted by molar-refractivity contribution is -0.0258. The van der Waals surface area contributed by atoms with E-state index in [4.69, 9.17) is 4.84 Å². The van der Waals surface area contributed by atoms with Gasteiger partial charge in [0.2, 0.25) is 0 Å². The fourth-order valence-corrected chi connectivity index (χ4v) is 3.57. The first-order chi connectivity index (χ1) is 12.6. The summed E-state index contributed by atoms with van der Waals surface area (Å²) in [5.74, 6) is -0.250. The van der Waals surface area contributed by atoms with Crippen molar-refractivity contribution < 1.29 is 18.0 Å². The lowest BCUT2D eigenvalue weighted by atomic mass is 9.84. The monoisotopic (exact) mass is 390 g/mol. The Hall–Kier alpha value is -2.22. The van der Waals surface area contributed by atoms with E-state index in [0.29, 0.717) is 12.1 Å². The molecule has 0 aliphatic carbocycles. The molecule has 0 saturated carbocycles. The fourth-order valence-electron chi connectivity index (χ4n) is 2.60. The molecule has 0 unspecified atom stereocenters. The molecule has 0 atom stereocenters. The molecule has 0 radical (unpaired) electrons. The van der Waals surface area contributed by atoms with E-state index < -0.39 is 10.0 Å². The summed E-state index contributed by atoms with van der Waals surface area (Å²) in [5, 5.41) is 2.93. The van der Waals surface area contributed by atoms with Crippen molar-refractivity contribution in [1.29, 1.82) is 0 Å². The number of hydroxylamine groups is 1. The average molecular weight is 391 g/mol. The highest BCUT2D eigenvalue weighted by molar-refractivity contribution is 7.89. The number of benzene rings is 2. The van der Waals surface area contributed by atoms with Crippen LogP contribution in [0.5, 0.6) is 0 Å². The first-order valence-corrected chi connectivity index (χ1v) is 10.0. The number of sulfonamides is 1. The quantitative estimate of drug-likeness (QED) is 0.738. The van der Waals surface area contributed by atoms with E-state index in [1.807, 2.05) is 25.1 Å². The van der Waals surface area contributed by atoms with E-state index in [2.05, 4.69) is 25.2 Å². The summed E-state index contributed by atoms with van der Waals surface area (Å²) in [5.41, 5.74) is 2.48. The van der Waals surface area contributed by atoms with E-state index in [9.17, 15) is 13.2 Å². The third-order valence-corrected chi connectivity index (χ3v) is 6.19. The van der Waals surface area contributed by atoms with E-state index in [1.165, 1.54) is 44.0 Å². The van der Waals surface area contributed by atoms with Crippen LogP contribution in [0.1, 0.15) is 35.3 Å². The molecule has 0 aliphatic rings. The van der Waals surface area contributed by atoms with Crippen molar-refractivity contribution in [2.24, 2.45) is 0 Å². The van der Waals surface area contributed by atoms with Gasteiger partial charge in [-0.3, -0.25) is 9.63 Å². The standard InChI is InChI=1S/C20H26N2O4S/c1-15-7-6-8-17(13-15)20(2,3)14-21-19(23)16-9-11-18(12-10-16)27(24,25)22(4)26-5/h6-13H,14H2,1-5H3,(H,21,23). The lowest BCUT2D eigenvalue weighted by Gasteiger charge is -2.26. The molecule has 7 heteroatoms. The van der Waals surface area contributed by atoms with Crippen LogP contribution in [0, 0.1) is 6.92 Å². The Morgan fingerprint density at radius 3 is 2.33 bits per heavy atom. The zero-order valence-electron chi connectivity index (χ0n) is 16.3. The Kier molecular flexibility index (Phi) is 6.41. The molecule has 0 bridgehead atoms. The second-order valence-corrected chi connectivity index (χ2v) is 8.99. The molecule has 6 nitrogen and oxygen atoms in total. The van der Waals surface area contributed by atoms with Crippen LogP contribution in [0.3, 0.4) is 0 Å². The SMILES string of the molecule is CON(C)S(=O)(=O)c1ccc(C(=O)NCC(C)(C)c2cccc(C)c2)cc1. The Bertz CT molecular complexity index is 906. The van der Waals surface area contributed by atoms with Gasteiger partial charge in [-0.05, 0) is 36.8 Å². The number of carbonyl (C=O) groups is 1. The molecule has 146 valence electrons. The van der Waals surface area contributed by atoms with Crippen LogP contribution in [-0.4, -0.2) is 39.5 Å². The van der Waals surface area contributed by atoms with Crippen LogP contribution < -0.4 is 5.32 Å². The summed E-state index contributed by atoms with van der Waals surface area (Å²) in [7, 11) is -1.15. The molecule has 2 aromatic carbocycles. The number of hydrogen-bond acceptors (Lipinski definition) is 4. The van der Waals surface area contributed by atoms with Crippen molar-refractivity contribution >= 4 is 15.9 Å². The minimum Gasteiger partial charge on any atom is -0.351 e. The number of amides is 1. The third-order valence-electron chi connectivity index (χ3n) is 4.50. The second-order valence-electron chi connectivity index (χ2n) is 7.06. The summed E-state index contributed by atoms with van der Waals surface area (Å²) >= 11 is 0. The zero-order chi connectivity index (χ0) is 20.2. The lowest BCUT2D eigenvalue weighted by Crippen LogP contribution is -2.36. The molecular weight excluding hydrogens is 364 g/mol. The van der Waals surface area contributed by atoms with Gasteiger partial charge < -0.3 is 5.32 Å². The van der Waals surface area contributed by atoms with Crippen LogP contribution in [-0.2, 0) is 20.3 Å². The molecule has 0 saturated heterocycles. The molecule has 0 aromatic heterocycles. The molecular formula is C20H26N2O4S. The van der Waals surface area contributed by atoms with Gasteiger partial charge in [0.1, 0.15) is 0 Å². The van der Waals surface area contributed by atoms with Crippen molar-refractivity contribution in [3.8, 4) is 0 Å². The highest BCUT2D eigenvalue weighted by Gasteiger charge is 2.23. The minimum atomic E-state index is -3.73. The van der Waals surface area contributed by atoms with Gasteiger partial charge in [0.25, 0.3) is 15.9 Å². The molecule has 1 amide bonds. The van der Waals surface area contributed by atoms with Crippen LogP contribution in [0.25, 0.3) is 0 Å². The predicted octanol–water partition coefficient (Wildman–Crippen LogP) is 2.88. The molecule has 1 N–H and O–H groups in total. The van der Waals surface area contributed by atoms with Gasteiger partial charge in [-0.2, -0.15) is 0 Å². The molecule has 2 aromatic rings. The molecule has 0 heterocycles. The van der Waals surface area contributed by atoms with Crippen LogP contribution >= 0.6 is 0 Å². The zero-order valence-corrected chi connectivity index (χ0v) is 17.1. The Balaban J connectivity index is 2.08. The molecule has 0 aliphatic heterocycles. The van der Waals surface area contributed by atoms with E-state index in [0.717, 1.165) is 10.0 Å². The normalized spacial score (nSPS) is 12.2.